The molecule has 0 unspecified atom stereocenters. The number of carbonyl (C=O) groups excluding carboxylic acids is 1. The van der Waals surface area contributed by atoms with Gasteiger partial charge in [-0.25, -0.2) is 4.68 Å². The number of nitrogens with zero attached hydrogens (tertiary/aromatic N) is 6. The third-order valence-electron chi connectivity index (χ3n) is 5.60. The first-order valence-electron chi connectivity index (χ1n) is 9.51. The van der Waals surface area contributed by atoms with Crippen molar-refractivity contribution >= 4 is 5.91 Å². The average molecular weight is 350 g/mol. The fourth-order valence-electron chi connectivity index (χ4n) is 4.02. The van der Waals surface area contributed by atoms with Gasteiger partial charge in [0.15, 0.2) is 0 Å². The summed E-state index contributed by atoms with van der Waals surface area (Å²) in [7, 11) is 0. The predicted molar refractivity (Wildman–Crippen MR) is 92.7 cm³/mol. The molecule has 0 bridgehead atoms. The second-order valence-corrected chi connectivity index (χ2v) is 7.42. The number of aliphatic hydroxyl groups excluding tert-OH is 1. The zero-order chi connectivity index (χ0) is 17.6. The molecule has 8 heteroatoms. The van der Waals surface area contributed by atoms with Crippen molar-refractivity contribution in [1.82, 2.24) is 30.0 Å². The first-order chi connectivity index (χ1) is 12.2. The highest BCUT2D eigenvalue weighted by Crippen LogP contribution is 2.25. The van der Waals surface area contributed by atoms with E-state index >= 15 is 0 Å². The van der Waals surface area contributed by atoms with Crippen molar-refractivity contribution in [2.45, 2.75) is 45.6 Å². The van der Waals surface area contributed by atoms with Crippen LogP contribution in [0.2, 0.25) is 0 Å². The lowest BCUT2D eigenvalue weighted by molar-refractivity contribution is -0.130. The highest BCUT2D eigenvalue weighted by molar-refractivity contribution is 5.76. The van der Waals surface area contributed by atoms with E-state index in [4.69, 9.17) is 0 Å². The van der Waals surface area contributed by atoms with Crippen LogP contribution in [0.15, 0.2) is 0 Å². The van der Waals surface area contributed by atoms with Gasteiger partial charge in [-0.05, 0) is 49.2 Å². The molecule has 0 radical (unpaired) electrons. The summed E-state index contributed by atoms with van der Waals surface area (Å²) >= 11 is 0. The van der Waals surface area contributed by atoms with Gasteiger partial charge in [-0.15, -0.1) is 5.10 Å². The van der Waals surface area contributed by atoms with Gasteiger partial charge in [0.2, 0.25) is 5.91 Å². The highest BCUT2D eigenvalue weighted by Gasteiger charge is 2.35. The van der Waals surface area contributed by atoms with Gasteiger partial charge in [-0.2, -0.15) is 0 Å². The Hall–Kier alpha value is -1.54. The minimum atomic E-state index is 0.131. The van der Waals surface area contributed by atoms with Crippen LogP contribution in [0.1, 0.15) is 37.9 Å². The van der Waals surface area contributed by atoms with Crippen LogP contribution < -0.4 is 0 Å². The largest absolute Gasteiger partial charge is 0.396 e. The Bertz CT molecular complexity index is 555. The molecule has 2 aliphatic rings. The molecule has 2 fully saturated rings. The minimum absolute atomic E-state index is 0.131. The summed E-state index contributed by atoms with van der Waals surface area (Å²) < 4.78 is 1.66. The number of hydrogen-bond donors (Lipinski definition) is 1. The van der Waals surface area contributed by atoms with E-state index in [-0.39, 0.29) is 18.4 Å². The standard InChI is InChI=1S/C17H30N6O2/c1-14-18-19-20-23(14)9-6-17(25)22-11-15(16(12-22)13-24)10-21-7-4-2-3-5-8-21/h15-16,24H,2-13H2,1H3/t15-,16-/m0/s1. The normalized spacial score (nSPS) is 25.3. The number of carbonyl (C=O) groups is 1. The number of likely N-dealkylation sites (tertiary alicyclic amines) is 2. The minimum Gasteiger partial charge on any atom is -0.396 e. The van der Waals surface area contributed by atoms with Crippen molar-refractivity contribution in [3.05, 3.63) is 5.82 Å². The predicted octanol–water partition coefficient (Wildman–Crippen LogP) is 0.315. The van der Waals surface area contributed by atoms with Crippen molar-refractivity contribution in [3.63, 3.8) is 0 Å². The molecular weight excluding hydrogens is 320 g/mol. The van der Waals surface area contributed by atoms with E-state index in [9.17, 15) is 9.90 Å². The molecule has 2 atom stereocenters. The zero-order valence-electron chi connectivity index (χ0n) is 15.2. The molecule has 0 saturated carbocycles. The Kier molecular flexibility index (Phi) is 6.36. The number of tetrazole rings is 1. The summed E-state index contributed by atoms with van der Waals surface area (Å²) in [4.78, 5) is 17.0. The Balaban J connectivity index is 1.51. The van der Waals surface area contributed by atoms with Crippen LogP contribution >= 0.6 is 0 Å². The lowest BCUT2D eigenvalue weighted by atomic mass is 9.96. The smallest absolute Gasteiger partial charge is 0.224 e. The lowest BCUT2D eigenvalue weighted by Crippen LogP contribution is -2.35. The Morgan fingerprint density at radius 1 is 1.16 bits per heavy atom. The summed E-state index contributed by atoms with van der Waals surface area (Å²) in [5.41, 5.74) is 0. The topological polar surface area (TPSA) is 87.4 Å². The maximum atomic E-state index is 12.6. The molecule has 3 heterocycles. The van der Waals surface area contributed by atoms with Gasteiger partial charge in [0.05, 0.1) is 6.54 Å². The lowest BCUT2D eigenvalue weighted by Gasteiger charge is -2.26. The molecular formula is C17H30N6O2. The maximum absolute atomic E-state index is 12.6. The Labute approximate surface area is 149 Å². The van der Waals surface area contributed by atoms with Crippen molar-refractivity contribution < 1.29 is 9.90 Å². The molecule has 25 heavy (non-hydrogen) atoms. The van der Waals surface area contributed by atoms with Crippen LogP contribution in [-0.2, 0) is 11.3 Å². The SMILES string of the molecule is Cc1nnnn1CCC(=O)N1C[C@@H](CO)[C@@H](CN2CCCCCC2)C1. The van der Waals surface area contributed by atoms with Crippen molar-refractivity contribution in [1.29, 1.82) is 0 Å². The molecule has 1 amide bonds. The van der Waals surface area contributed by atoms with Crippen LogP contribution in [0.3, 0.4) is 0 Å². The Morgan fingerprint density at radius 2 is 1.88 bits per heavy atom. The number of aryl methyl sites for hydroxylation is 2. The van der Waals surface area contributed by atoms with E-state index in [1.54, 1.807) is 4.68 Å². The number of aromatic nitrogens is 4. The summed E-state index contributed by atoms with van der Waals surface area (Å²) in [5, 5.41) is 21.1. The monoisotopic (exact) mass is 350 g/mol. The second kappa shape index (κ2) is 8.71. The molecule has 2 saturated heterocycles. The molecule has 1 aromatic heterocycles. The fraction of sp³-hybridized carbons (Fsp3) is 0.882. The van der Waals surface area contributed by atoms with Crippen LogP contribution in [0.25, 0.3) is 0 Å². The summed E-state index contributed by atoms with van der Waals surface area (Å²) in [5.74, 6) is 1.43. The zero-order valence-corrected chi connectivity index (χ0v) is 15.2. The molecule has 0 aliphatic carbocycles. The van der Waals surface area contributed by atoms with Gasteiger partial charge in [0.1, 0.15) is 5.82 Å². The quantitative estimate of drug-likeness (QED) is 0.795. The van der Waals surface area contributed by atoms with E-state index in [0.29, 0.717) is 25.4 Å². The first-order valence-corrected chi connectivity index (χ1v) is 9.51. The molecule has 0 spiro atoms. The molecule has 1 N–H and O–H groups in total. The number of hydrogen-bond acceptors (Lipinski definition) is 6. The summed E-state index contributed by atoms with van der Waals surface area (Å²) in [6.45, 7) is 7.24. The van der Waals surface area contributed by atoms with Gasteiger partial charge in [0.25, 0.3) is 0 Å². The van der Waals surface area contributed by atoms with Crippen LogP contribution in [0.5, 0.6) is 0 Å². The van der Waals surface area contributed by atoms with Crippen LogP contribution in [0.4, 0.5) is 0 Å². The average Bonchev–Trinajstić information content (AvgIpc) is 3.11. The van der Waals surface area contributed by atoms with E-state index < -0.39 is 0 Å². The fourth-order valence-corrected chi connectivity index (χ4v) is 4.02. The third kappa shape index (κ3) is 4.76. The highest BCUT2D eigenvalue weighted by atomic mass is 16.3. The molecule has 140 valence electrons. The van der Waals surface area contributed by atoms with Gasteiger partial charge in [-0.1, -0.05) is 12.8 Å². The second-order valence-electron chi connectivity index (χ2n) is 7.42. The summed E-state index contributed by atoms with van der Waals surface area (Å²) in [6.07, 6.45) is 5.59. The summed E-state index contributed by atoms with van der Waals surface area (Å²) in [6, 6.07) is 0. The van der Waals surface area contributed by atoms with Crippen LogP contribution in [-0.4, -0.2) is 80.4 Å². The van der Waals surface area contributed by atoms with Gasteiger partial charge in [0, 0.05) is 38.6 Å². The van der Waals surface area contributed by atoms with Gasteiger partial charge < -0.3 is 14.9 Å². The number of rotatable bonds is 6. The molecule has 1 aromatic rings. The van der Waals surface area contributed by atoms with Crippen molar-refractivity contribution in [2.75, 3.05) is 39.3 Å². The van der Waals surface area contributed by atoms with Gasteiger partial charge >= 0.3 is 0 Å². The van der Waals surface area contributed by atoms with Gasteiger partial charge in [-0.3, -0.25) is 4.79 Å². The van der Waals surface area contributed by atoms with E-state index in [1.165, 1.54) is 25.7 Å². The van der Waals surface area contributed by atoms with E-state index in [0.717, 1.165) is 32.0 Å². The Morgan fingerprint density at radius 3 is 2.52 bits per heavy atom. The third-order valence-corrected chi connectivity index (χ3v) is 5.60. The molecule has 8 nitrogen and oxygen atoms in total. The maximum Gasteiger partial charge on any atom is 0.224 e. The number of aliphatic hydroxyl groups is 1. The molecule has 3 rings (SSSR count). The van der Waals surface area contributed by atoms with Crippen molar-refractivity contribution in [3.8, 4) is 0 Å². The van der Waals surface area contributed by atoms with E-state index in [1.807, 2.05) is 11.8 Å². The van der Waals surface area contributed by atoms with Crippen LogP contribution in [0, 0.1) is 18.8 Å². The molecule has 0 aromatic carbocycles. The first kappa shape index (κ1) is 18.3. The number of amides is 1. The van der Waals surface area contributed by atoms with Crippen molar-refractivity contribution in [2.24, 2.45) is 11.8 Å². The molecule has 2 aliphatic heterocycles. The van der Waals surface area contributed by atoms with E-state index in [2.05, 4.69) is 20.4 Å².